The van der Waals surface area contributed by atoms with Gasteiger partial charge in [0.05, 0.1) is 18.9 Å². The number of hydrogen-bond acceptors (Lipinski definition) is 7. The smallest absolute Gasteiger partial charge is 0.348 e. The number of carbonyl (C=O) groups excluding carboxylic acids is 4. The molecule has 1 spiro atoms. The van der Waals surface area contributed by atoms with Gasteiger partial charge in [0, 0.05) is 17.3 Å². The van der Waals surface area contributed by atoms with Crippen LogP contribution in [0.2, 0.25) is 0 Å². The van der Waals surface area contributed by atoms with Gasteiger partial charge >= 0.3 is 5.97 Å². The van der Waals surface area contributed by atoms with E-state index >= 15 is 0 Å². The molecule has 0 saturated carbocycles. The summed E-state index contributed by atoms with van der Waals surface area (Å²) in [5.74, 6) is -2.78. The number of amides is 3. The van der Waals surface area contributed by atoms with E-state index in [1.165, 1.54) is 12.0 Å². The van der Waals surface area contributed by atoms with Gasteiger partial charge in [-0.1, -0.05) is 17.7 Å². The lowest BCUT2D eigenvalue weighted by Crippen LogP contribution is -2.54. The first-order valence-electron chi connectivity index (χ1n) is 11.9. The van der Waals surface area contributed by atoms with Gasteiger partial charge in [0.15, 0.2) is 0 Å². The molecule has 4 aliphatic rings. The number of thiophene rings is 1. The second kappa shape index (κ2) is 7.24. The van der Waals surface area contributed by atoms with E-state index in [9.17, 15) is 19.2 Å². The Morgan fingerprint density at radius 2 is 1.86 bits per heavy atom. The summed E-state index contributed by atoms with van der Waals surface area (Å²) < 4.78 is 4.91. The third-order valence-electron chi connectivity index (χ3n) is 8.44. The number of esters is 1. The summed E-state index contributed by atoms with van der Waals surface area (Å²) in [7, 11) is 1.31. The minimum absolute atomic E-state index is 0.180. The normalized spacial score (nSPS) is 29.1. The van der Waals surface area contributed by atoms with Crippen molar-refractivity contribution in [3.05, 3.63) is 44.8 Å². The first kappa shape index (κ1) is 22.4. The number of fused-ring (bicyclic) bond motifs is 7. The van der Waals surface area contributed by atoms with Crippen LogP contribution in [-0.2, 0) is 24.7 Å². The first-order chi connectivity index (χ1) is 16.6. The fourth-order valence-electron chi connectivity index (χ4n) is 6.94. The molecule has 6 rings (SSSR count). The van der Waals surface area contributed by atoms with Crippen molar-refractivity contribution in [3.63, 3.8) is 0 Å². The van der Waals surface area contributed by atoms with Crippen molar-refractivity contribution < 1.29 is 23.9 Å². The fraction of sp³-hybridized carbons (Fsp3) is 0.462. The SMILES string of the molecule is COC(=O)c1sc(N2C(=O)[C@H]3[C@H]4CCCN4C4(C(=O)Nc5c(C)cc(C)cc54)[C@H]3C2=O)c(C)c1C. The lowest BCUT2D eigenvalue weighted by molar-refractivity contribution is -0.135. The van der Waals surface area contributed by atoms with Gasteiger partial charge in [0.1, 0.15) is 15.4 Å². The molecule has 35 heavy (non-hydrogen) atoms. The number of ether oxygens (including phenoxy) is 1. The second-order valence-electron chi connectivity index (χ2n) is 10.1. The van der Waals surface area contributed by atoms with Crippen LogP contribution in [0.15, 0.2) is 12.1 Å². The van der Waals surface area contributed by atoms with Gasteiger partial charge in [-0.3, -0.25) is 19.3 Å². The molecule has 3 amide bonds. The van der Waals surface area contributed by atoms with Gasteiger partial charge in [-0.25, -0.2) is 9.69 Å². The summed E-state index contributed by atoms with van der Waals surface area (Å²) in [5.41, 5.74) is 3.71. The van der Waals surface area contributed by atoms with E-state index in [-0.39, 0.29) is 23.8 Å². The van der Waals surface area contributed by atoms with Crippen LogP contribution in [0.1, 0.15) is 50.3 Å². The molecule has 0 radical (unpaired) electrons. The van der Waals surface area contributed by atoms with Gasteiger partial charge in [0.25, 0.3) is 0 Å². The summed E-state index contributed by atoms with van der Waals surface area (Å²) in [4.78, 5) is 58.1. The van der Waals surface area contributed by atoms with Crippen LogP contribution in [0.4, 0.5) is 10.7 Å². The van der Waals surface area contributed by atoms with Crippen LogP contribution in [0.25, 0.3) is 0 Å². The molecule has 182 valence electrons. The molecule has 5 heterocycles. The molecule has 1 aromatic heterocycles. The number of benzene rings is 1. The Morgan fingerprint density at radius 1 is 1.11 bits per heavy atom. The average molecular weight is 494 g/mol. The van der Waals surface area contributed by atoms with E-state index in [2.05, 4.69) is 10.2 Å². The lowest BCUT2D eigenvalue weighted by atomic mass is 9.75. The van der Waals surface area contributed by atoms with Crippen molar-refractivity contribution in [2.75, 3.05) is 23.9 Å². The summed E-state index contributed by atoms with van der Waals surface area (Å²) >= 11 is 1.11. The number of carbonyl (C=O) groups is 4. The van der Waals surface area contributed by atoms with Crippen LogP contribution < -0.4 is 10.2 Å². The van der Waals surface area contributed by atoms with Gasteiger partial charge in [-0.15, -0.1) is 11.3 Å². The van der Waals surface area contributed by atoms with Crippen molar-refractivity contribution >= 4 is 45.7 Å². The highest BCUT2D eigenvalue weighted by Gasteiger charge is 2.75. The van der Waals surface area contributed by atoms with Crippen LogP contribution in [0.5, 0.6) is 0 Å². The number of nitrogens with one attached hydrogen (secondary N) is 1. The average Bonchev–Trinajstić information content (AvgIpc) is 3.57. The Labute approximate surface area is 207 Å². The number of nitrogens with zero attached hydrogens (tertiary/aromatic N) is 2. The molecule has 1 aromatic carbocycles. The largest absolute Gasteiger partial charge is 0.465 e. The maximum absolute atomic E-state index is 14.2. The number of rotatable bonds is 2. The molecule has 1 N–H and O–H groups in total. The van der Waals surface area contributed by atoms with Crippen LogP contribution in [0.3, 0.4) is 0 Å². The number of hydrogen-bond donors (Lipinski definition) is 1. The number of aryl methyl sites for hydroxylation is 2. The maximum atomic E-state index is 14.2. The molecule has 1 unspecified atom stereocenters. The van der Waals surface area contributed by atoms with Gasteiger partial charge in [-0.05, 0) is 63.8 Å². The van der Waals surface area contributed by atoms with Crippen LogP contribution in [0, 0.1) is 39.5 Å². The molecule has 3 fully saturated rings. The number of anilines is 2. The van der Waals surface area contributed by atoms with Crippen LogP contribution >= 0.6 is 11.3 Å². The number of imide groups is 1. The summed E-state index contributed by atoms with van der Waals surface area (Å²) in [6, 6.07) is 3.83. The highest BCUT2D eigenvalue weighted by molar-refractivity contribution is 7.18. The van der Waals surface area contributed by atoms with E-state index in [1.807, 2.05) is 32.9 Å². The molecule has 0 aliphatic carbocycles. The molecule has 8 nitrogen and oxygen atoms in total. The van der Waals surface area contributed by atoms with E-state index < -0.39 is 23.3 Å². The Hall–Kier alpha value is -3.04. The third kappa shape index (κ3) is 2.55. The van der Waals surface area contributed by atoms with E-state index in [0.717, 1.165) is 46.6 Å². The monoisotopic (exact) mass is 493 g/mol. The van der Waals surface area contributed by atoms with Crippen molar-refractivity contribution in [2.45, 2.75) is 52.1 Å². The minimum atomic E-state index is -1.20. The predicted octanol–water partition coefficient (Wildman–Crippen LogP) is 3.20. The Balaban J connectivity index is 1.55. The molecule has 4 atom stereocenters. The summed E-state index contributed by atoms with van der Waals surface area (Å²) in [6.45, 7) is 8.21. The van der Waals surface area contributed by atoms with Crippen molar-refractivity contribution in [3.8, 4) is 0 Å². The topological polar surface area (TPSA) is 96.0 Å². The molecular weight excluding hydrogens is 466 g/mol. The molecule has 4 aliphatic heterocycles. The first-order valence-corrected chi connectivity index (χ1v) is 12.7. The third-order valence-corrected chi connectivity index (χ3v) is 9.80. The molecule has 3 saturated heterocycles. The second-order valence-corrected chi connectivity index (χ2v) is 11.1. The molecule has 2 aromatic rings. The van der Waals surface area contributed by atoms with Crippen molar-refractivity contribution in [1.29, 1.82) is 0 Å². The summed E-state index contributed by atoms with van der Waals surface area (Å²) in [6.07, 6.45) is 1.63. The highest BCUT2D eigenvalue weighted by Crippen LogP contribution is 2.61. The zero-order valence-electron chi connectivity index (χ0n) is 20.4. The zero-order chi connectivity index (χ0) is 25.0. The van der Waals surface area contributed by atoms with Crippen molar-refractivity contribution in [1.82, 2.24) is 4.90 Å². The Morgan fingerprint density at radius 3 is 2.57 bits per heavy atom. The van der Waals surface area contributed by atoms with Gasteiger partial charge in [0.2, 0.25) is 17.7 Å². The Bertz CT molecular complexity index is 1360. The lowest BCUT2D eigenvalue weighted by Gasteiger charge is -2.36. The maximum Gasteiger partial charge on any atom is 0.348 e. The van der Waals surface area contributed by atoms with E-state index in [4.69, 9.17) is 4.74 Å². The standard InChI is InChI=1S/C26H27N3O5S/c1-11-9-12(2)19-15(10-11)26(25(33)27-19)18-17(16-7-6-8-28(16)26)21(30)29(22(18)31)23-14(4)13(3)20(35-23)24(32)34-5/h9-10,16-18H,6-8H2,1-5H3,(H,27,33)/t16-,17+,18-,26?/m1/s1. The molecule has 9 heteroatoms. The Kier molecular flexibility index (Phi) is 4.64. The molecule has 0 bridgehead atoms. The number of methoxy groups -OCH3 is 1. The molecular formula is C26H27N3O5S. The quantitative estimate of drug-likeness (QED) is 0.510. The van der Waals surface area contributed by atoms with Crippen molar-refractivity contribution in [2.24, 2.45) is 11.8 Å². The van der Waals surface area contributed by atoms with E-state index in [1.54, 1.807) is 6.92 Å². The minimum Gasteiger partial charge on any atom is -0.465 e. The fourth-order valence-corrected chi connectivity index (χ4v) is 8.18. The highest BCUT2D eigenvalue weighted by atomic mass is 32.1. The van der Waals surface area contributed by atoms with Crippen LogP contribution in [-0.4, -0.2) is 48.3 Å². The zero-order valence-corrected chi connectivity index (χ0v) is 21.2. The van der Waals surface area contributed by atoms with Gasteiger partial charge in [-0.2, -0.15) is 0 Å². The predicted molar refractivity (Wildman–Crippen MR) is 131 cm³/mol. The van der Waals surface area contributed by atoms with Gasteiger partial charge < -0.3 is 10.1 Å². The van der Waals surface area contributed by atoms with E-state index in [0.29, 0.717) is 27.5 Å². The summed E-state index contributed by atoms with van der Waals surface area (Å²) in [5, 5.41) is 3.52.